The van der Waals surface area contributed by atoms with Gasteiger partial charge in [0.15, 0.2) is 6.04 Å². The molecule has 1 N–H and O–H groups in total. The highest BCUT2D eigenvalue weighted by Gasteiger charge is 2.47. The van der Waals surface area contributed by atoms with Crippen molar-refractivity contribution in [1.29, 1.82) is 0 Å². The Balaban J connectivity index is 2.25. The molecule has 0 bridgehead atoms. The van der Waals surface area contributed by atoms with Gasteiger partial charge in [0, 0.05) is 56.7 Å². The molecule has 0 fully saturated rings. The van der Waals surface area contributed by atoms with E-state index in [4.69, 9.17) is 11.6 Å². The lowest BCUT2D eigenvalue weighted by molar-refractivity contribution is -0.152. The van der Waals surface area contributed by atoms with Crippen molar-refractivity contribution < 1.29 is 22.1 Å². The second kappa shape index (κ2) is 9.49. The molecule has 0 aliphatic carbocycles. The van der Waals surface area contributed by atoms with Crippen molar-refractivity contribution in [2.24, 2.45) is 5.92 Å². The molecule has 0 aliphatic rings. The van der Waals surface area contributed by atoms with Gasteiger partial charge in [0.1, 0.15) is 10.6 Å². The molecule has 0 spiro atoms. The molecule has 3 aromatic rings. The topological polar surface area (TPSA) is 40.0 Å². The Morgan fingerprint density at radius 1 is 1.09 bits per heavy atom. The predicted molar refractivity (Wildman–Crippen MR) is 127 cm³/mol. The van der Waals surface area contributed by atoms with Crippen molar-refractivity contribution in [2.45, 2.75) is 58.1 Å². The van der Waals surface area contributed by atoms with E-state index in [2.05, 4.69) is 4.72 Å². The van der Waals surface area contributed by atoms with Crippen molar-refractivity contribution in [3.63, 3.8) is 0 Å². The molecule has 9 heteroatoms. The summed E-state index contributed by atoms with van der Waals surface area (Å²) in [6.45, 7) is 9.07. The van der Waals surface area contributed by atoms with Gasteiger partial charge in [-0.05, 0) is 44.9 Å². The minimum Gasteiger partial charge on any atom is -0.598 e. The first-order valence-corrected chi connectivity index (χ1v) is 12.0. The van der Waals surface area contributed by atoms with E-state index < -0.39 is 34.1 Å². The predicted octanol–water partition coefficient (Wildman–Crippen LogP) is 7.41. The van der Waals surface area contributed by atoms with Crippen molar-refractivity contribution in [1.82, 2.24) is 9.29 Å². The van der Waals surface area contributed by atoms with Gasteiger partial charge in [0.25, 0.3) is 0 Å². The molecule has 0 aliphatic heterocycles. The number of hydrogen-bond donors (Lipinski definition) is 1. The van der Waals surface area contributed by atoms with Gasteiger partial charge < -0.3 is 9.12 Å². The van der Waals surface area contributed by atoms with Gasteiger partial charge in [-0.15, -0.1) is 4.72 Å². The highest BCUT2D eigenvalue weighted by atomic mass is 35.5. The van der Waals surface area contributed by atoms with Crippen LogP contribution in [0.1, 0.15) is 46.2 Å². The average Bonchev–Trinajstić information content (AvgIpc) is 3.00. The molecule has 1 aromatic heterocycles. The smallest absolute Gasteiger partial charge is 0.412 e. The quantitative estimate of drug-likeness (QED) is 0.281. The lowest BCUT2D eigenvalue weighted by atomic mass is 10.0. The summed E-state index contributed by atoms with van der Waals surface area (Å²) in [5.74, 6) is -0.555. The second-order valence-electron chi connectivity index (χ2n) is 9.43. The third kappa shape index (κ3) is 5.67. The molecule has 0 saturated carbocycles. The van der Waals surface area contributed by atoms with E-state index in [0.717, 1.165) is 6.07 Å². The first kappa shape index (κ1) is 25.9. The van der Waals surface area contributed by atoms with Crippen molar-refractivity contribution >= 4 is 33.9 Å². The van der Waals surface area contributed by atoms with Crippen molar-refractivity contribution in [3.8, 4) is 11.1 Å². The molecule has 180 valence electrons. The summed E-state index contributed by atoms with van der Waals surface area (Å²) in [5, 5.41) is 0.457. The fraction of sp³-hybridized carbons (Fsp3) is 0.417. The zero-order valence-corrected chi connectivity index (χ0v) is 20.6. The Bertz CT molecular complexity index is 1140. The maximum absolute atomic E-state index is 15.2. The van der Waals surface area contributed by atoms with Gasteiger partial charge in [-0.3, -0.25) is 0 Å². The third-order valence-electron chi connectivity index (χ3n) is 5.15. The van der Waals surface area contributed by atoms with Crippen molar-refractivity contribution in [3.05, 3.63) is 59.0 Å². The maximum atomic E-state index is 15.2. The Morgan fingerprint density at radius 2 is 1.73 bits per heavy atom. The normalized spacial score (nSPS) is 14.8. The van der Waals surface area contributed by atoms with Crippen LogP contribution in [0.2, 0.25) is 5.02 Å². The third-order valence-corrected chi connectivity index (χ3v) is 7.04. The zero-order valence-electron chi connectivity index (χ0n) is 19.1. The number of benzene rings is 2. The van der Waals surface area contributed by atoms with Gasteiger partial charge in [-0.1, -0.05) is 43.6 Å². The van der Waals surface area contributed by atoms with E-state index in [9.17, 15) is 17.7 Å². The number of nitrogens with zero attached hydrogens (tertiary/aromatic N) is 1. The monoisotopic (exact) mass is 502 g/mol. The molecule has 2 atom stereocenters. The maximum Gasteiger partial charge on any atom is 0.412 e. The molecular weight excluding hydrogens is 476 g/mol. The van der Waals surface area contributed by atoms with Crippen LogP contribution < -0.4 is 4.72 Å². The van der Waals surface area contributed by atoms with E-state index in [1.807, 2.05) is 13.8 Å². The van der Waals surface area contributed by atoms with Crippen LogP contribution in [0, 0.1) is 11.7 Å². The van der Waals surface area contributed by atoms with Crippen LogP contribution >= 0.6 is 11.6 Å². The lowest BCUT2D eigenvalue weighted by Crippen LogP contribution is -2.45. The van der Waals surface area contributed by atoms with E-state index in [-0.39, 0.29) is 22.4 Å². The van der Waals surface area contributed by atoms with Crippen LogP contribution in [0.15, 0.2) is 42.6 Å². The van der Waals surface area contributed by atoms with Gasteiger partial charge in [0.05, 0.1) is 0 Å². The molecule has 2 aromatic carbocycles. The van der Waals surface area contributed by atoms with Crippen LogP contribution in [-0.2, 0) is 17.9 Å². The first-order valence-electron chi connectivity index (χ1n) is 10.5. The first-order chi connectivity index (χ1) is 15.2. The molecule has 33 heavy (non-hydrogen) atoms. The minimum atomic E-state index is -4.74. The largest absolute Gasteiger partial charge is 0.598 e. The lowest BCUT2D eigenvalue weighted by Gasteiger charge is -2.29. The molecule has 3 nitrogen and oxygen atoms in total. The molecule has 0 saturated heterocycles. The van der Waals surface area contributed by atoms with E-state index >= 15 is 4.39 Å². The van der Waals surface area contributed by atoms with Crippen LogP contribution in [0.5, 0.6) is 0 Å². The van der Waals surface area contributed by atoms with Gasteiger partial charge >= 0.3 is 6.18 Å². The average molecular weight is 503 g/mol. The van der Waals surface area contributed by atoms with E-state index in [1.54, 1.807) is 49.6 Å². The summed E-state index contributed by atoms with van der Waals surface area (Å²) in [6, 6.07) is 7.15. The standard InChI is InChI=1S/C24H27ClF4N2OS/c1-14(2)12-31-13-18(22(24(27,28)29)30-33(32)23(3,4)5)17-10-20(26)16(11-21(17)31)15-8-6-7-9-19(15)25/h6-11,13-14,22,30H,12H2,1-5H3/t22-,33-/m0/s1. The summed E-state index contributed by atoms with van der Waals surface area (Å²) < 4.78 is 73.2. The SMILES string of the molecule is CC(C)Cn1cc([C@H](N[S@@+]([O-])C(C)(C)C)C(F)(F)F)c2cc(F)c(-c3ccccc3Cl)cc21. The Hall–Kier alpha value is -1.74. The van der Waals surface area contributed by atoms with Crippen LogP contribution in [0.3, 0.4) is 0 Å². The number of rotatable bonds is 6. The fourth-order valence-corrected chi connectivity index (χ4v) is 4.65. The highest BCUT2D eigenvalue weighted by Crippen LogP contribution is 2.41. The number of halogens is 5. The number of fused-ring (bicyclic) bond motifs is 1. The van der Waals surface area contributed by atoms with Crippen molar-refractivity contribution in [2.75, 3.05) is 0 Å². The van der Waals surface area contributed by atoms with Crippen LogP contribution in [0.25, 0.3) is 22.0 Å². The minimum absolute atomic E-state index is 0.115. The zero-order chi connectivity index (χ0) is 24.7. The molecule has 0 amide bonds. The molecule has 3 rings (SSSR count). The van der Waals surface area contributed by atoms with E-state index in [1.165, 1.54) is 12.3 Å². The molecular formula is C24H27ClF4N2OS. The fourth-order valence-electron chi connectivity index (χ4n) is 3.59. The number of hydrogen-bond acceptors (Lipinski definition) is 2. The molecule has 1 heterocycles. The Labute approximate surface area is 199 Å². The number of aromatic nitrogens is 1. The van der Waals surface area contributed by atoms with Gasteiger partial charge in [-0.25, -0.2) is 4.39 Å². The Morgan fingerprint density at radius 3 is 2.27 bits per heavy atom. The van der Waals surface area contributed by atoms with Gasteiger partial charge in [0.2, 0.25) is 0 Å². The van der Waals surface area contributed by atoms with Crippen LogP contribution in [-0.4, -0.2) is 20.0 Å². The highest BCUT2D eigenvalue weighted by molar-refractivity contribution is 7.90. The van der Waals surface area contributed by atoms with E-state index in [0.29, 0.717) is 22.6 Å². The van der Waals surface area contributed by atoms with Crippen LogP contribution in [0.4, 0.5) is 17.6 Å². The molecule has 0 unspecified atom stereocenters. The molecule has 0 radical (unpaired) electrons. The Kier molecular flexibility index (Phi) is 7.44. The summed E-state index contributed by atoms with van der Waals surface area (Å²) in [4.78, 5) is 0. The number of alkyl halides is 3. The van der Waals surface area contributed by atoms with Gasteiger partial charge in [-0.2, -0.15) is 13.2 Å². The second-order valence-corrected chi connectivity index (χ2v) is 11.8. The summed E-state index contributed by atoms with van der Waals surface area (Å²) in [7, 11) is 0. The number of nitrogens with one attached hydrogen (secondary N) is 1. The summed E-state index contributed by atoms with van der Waals surface area (Å²) in [5.41, 5.74) is 0.947. The summed E-state index contributed by atoms with van der Waals surface area (Å²) >= 11 is 4.26. The summed E-state index contributed by atoms with van der Waals surface area (Å²) in [6.07, 6.45) is -3.36.